The molecule has 0 fully saturated rings. The Labute approximate surface area is 85.9 Å². The first-order valence-corrected chi connectivity index (χ1v) is 4.41. The summed E-state index contributed by atoms with van der Waals surface area (Å²) in [6.45, 7) is 0. The van der Waals surface area contributed by atoms with E-state index in [9.17, 15) is 9.59 Å². The number of benzene rings is 1. The van der Waals surface area contributed by atoms with E-state index in [1.165, 1.54) is 7.11 Å². The summed E-state index contributed by atoms with van der Waals surface area (Å²) in [5.41, 5.74) is 1.80. The minimum absolute atomic E-state index is 0.389. The van der Waals surface area contributed by atoms with Gasteiger partial charge in [0, 0.05) is 22.7 Å². The Morgan fingerprint density at radius 1 is 1.47 bits per heavy atom. The largest absolute Gasteiger partial charge is 0.465 e. The van der Waals surface area contributed by atoms with Gasteiger partial charge in [0.1, 0.15) is 6.29 Å². The van der Waals surface area contributed by atoms with Gasteiger partial charge in [0.15, 0.2) is 0 Å². The van der Waals surface area contributed by atoms with Gasteiger partial charge in [-0.15, -0.1) is 0 Å². The number of carbonyl (C=O) groups is 2. The van der Waals surface area contributed by atoms with E-state index < -0.39 is 0 Å². The van der Waals surface area contributed by atoms with Gasteiger partial charge in [0.25, 0.3) is 0 Å². The highest BCUT2D eigenvalue weighted by Crippen LogP contribution is 2.19. The number of ether oxygens (including phenoxy) is 1. The SMILES string of the molecule is COC(=O)c1c[nH]c2cc(C=O)ccc12. The zero-order valence-electron chi connectivity index (χ0n) is 8.11. The van der Waals surface area contributed by atoms with Crippen LogP contribution in [0.1, 0.15) is 20.7 Å². The molecule has 2 rings (SSSR count). The van der Waals surface area contributed by atoms with Crippen LogP contribution < -0.4 is 0 Å². The molecule has 4 heteroatoms. The third kappa shape index (κ3) is 1.50. The Morgan fingerprint density at radius 3 is 2.93 bits per heavy atom. The Morgan fingerprint density at radius 2 is 2.27 bits per heavy atom. The lowest BCUT2D eigenvalue weighted by atomic mass is 10.1. The van der Waals surface area contributed by atoms with Crippen LogP contribution in [0.3, 0.4) is 0 Å². The Balaban J connectivity index is 2.61. The van der Waals surface area contributed by atoms with Crippen LogP contribution in [0.5, 0.6) is 0 Å². The normalized spacial score (nSPS) is 10.2. The fraction of sp³-hybridized carbons (Fsp3) is 0.0909. The van der Waals surface area contributed by atoms with Crippen LogP contribution in [-0.4, -0.2) is 24.3 Å². The van der Waals surface area contributed by atoms with Crippen LogP contribution in [0.4, 0.5) is 0 Å². The number of aldehydes is 1. The molecule has 15 heavy (non-hydrogen) atoms. The third-order valence-electron chi connectivity index (χ3n) is 2.25. The standard InChI is InChI=1S/C11H9NO3/c1-15-11(14)9-5-12-10-4-7(6-13)2-3-8(9)10/h2-6,12H,1H3. The van der Waals surface area contributed by atoms with E-state index in [1.54, 1.807) is 24.4 Å². The second-order valence-electron chi connectivity index (χ2n) is 3.12. The number of aromatic nitrogens is 1. The molecule has 0 aliphatic rings. The van der Waals surface area contributed by atoms with Crippen molar-refractivity contribution >= 4 is 23.2 Å². The van der Waals surface area contributed by atoms with Crippen LogP contribution >= 0.6 is 0 Å². The molecule has 0 atom stereocenters. The molecule has 0 amide bonds. The fourth-order valence-electron chi connectivity index (χ4n) is 1.50. The topological polar surface area (TPSA) is 59.2 Å². The van der Waals surface area contributed by atoms with E-state index in [1.807, 2.05) is 0 Å². The first-order valence-electron chi connectivity index (χ1n) is 4.41. The number of aromatic amines is 1. The average molecular weight is 203 g/mol. The molecule has 0 saturated heterocycles. The molecule has 76 valence electrons. The first kappa shape index (κ1) is 9.45. The Hall–Kier alpha value is -2.10. The van der Waals surface area contributed by atoms with Gasteiger partial charge in [-0.25, -0.2) is 4.79 Å². The molecule has 0 radical (unpaired) electrons. The summed E-state index contributed by atoms with van der Waals surface area (Å²) >= 11 is 0. The minimum atomic E-state index is -0.389. The number of nitrogens with one attached hydrogen (secondary N) is 1. The molecule has 0 unspecified atom stereocenters. The molecular weight excluding hydrogens is 194 g/mol. The summed E-state index contributed by atoms with van der Waals surface area (Å²) in [4.78, 5) is 24.8. The number of hydrogen-bond donors (Lipinski definition) is 1. The highest BCUT2D eigenvalue weighted by molar-refractivity contribution is 6.04. The quantitative estimate of drug-likeness (QED) is 0.597. The van der Waals surface area contributed by atoms with Gasteiger partial charge in [0.05, 0.1) is 12.7 Å². The van der Waals surface area contributed by atoms with Crippen molar-refractivity contribution < 1.29 is 14.3 Å². The lowest BCUT2D eigenvalue weighted by Crippen LogP contribution is -1.99. The van der Waals surface area contributed by atoms with Crippen LogP contribution in [0.15, 0.2) is 24.4 Å². The lowest BCUT2D eigenvalue weighted by molar-refractivity contribution is 0.0603. The molecule has 0 aliphatic carbocycles. The summed E-state index contributed by atoms with van der Waals surface area (Å²) in [7, 11) is 1.33. The lowest BCUT2D eigenvalue weighted by Gasteiger charge is -1.96. The Kier molecular flexibility index (Phi) is 2.25. The van der Waals surface area contributed by atoms with E-state index in [-0.39, 0.29) is 5.97 Å². The van der Waals surface area contributed by atoms with Gasteiger partial charge < -0.3 is 9.72 Å². The molecule has 1 aromatic carbocycles. The summed E-state index contributed by atoms with van der Waals surface area (Å²) < 4.78 is 4.63. The predicted molar refractivity (Wildman–Crippen MR) is 55.0 cm³/mol. The number of H-pyrrole nitrogens is 1. The second kappa shape index (κ2) is 3.57. The fourth-order valence-corrected chi connectivity index (χ4v) is 1.50. The highest BCUT2D eigenvalue weighted by atomic mass is 16.5. The summed E-state index contributed by atoms with van der Waals surface area (Å²) in [5, 5.41) is 0.757. The van der Waals surface area contributed by atoms with Crippen molar-refractivity contribution in [1.82, 2.24) is 4.98 Å². The minimum Gasteiger partial charge on any atom is -0.465 e. The van der Waals surface area contributed by atoms with Crippen LogP contribution in [0, 0.1) is 0 Å². The van der Waals surface area contributed by atoms with Gasteiger partial charge in [-0.1, -0.05) is 12.1 Å². The molecule has 1 heterocycles. The number of hydrogen-bond acceptors (Lipinski definition) is 3. The first-order chi connectivity index (χ1) is 7.26. The summed E-state index contributed by atoms with van der Waals surface area (Å²) in [6.07, 6.45) is 2.34. The maximum absolute atomic E-state index is 11.3. The van der Waals surface area contributed by atoms with Crippen molar-refractivity contribution in [2.24, 2.45) is 0 Å². The molecular formula is C11H9NO3. The molecule has 0 aliphatic heterocycles. The molecule has 0 bridgehead atoms. The maximum Gasteiger partial charge on any atom is 0.340 e. The van der Waals surface area contributed by atoms with Crippen molar-refractivity contribution in [3.63, 3.8) is 0 Å². The van der Waals surface area contributed by atoms with Gasteiger partial charge in [0.2, 0.25) is 0 Å². The second-order valence-corrected chi connectivity index (χ2v) is 3.12. The van der Waals surface area contributed by atoms with Gasteiger partial charge >= 0.3 is 5.97 Å². The molecule has 0 spiro atoms. The van der Waals surface area contributed by atoms with Gasteiger partial charge in [-0.05, 0) is 6.07 Å². The molecule has 1 N–H and O–H groups in total. The van der Waals surface area contributed by atoms with Crippen LogP contribution in [0.25, 0.3) is 10.9 Å². The van der Waals surface area contributed by atoms with E-state index in [2.05, 4.69) is 9.72 Å². The smallest absolute Gasteiger partial charge is 0.340 e. The van der Waals surface area contributed by atoms with E-state index in [0.29, 0.717) is 11.1 Å². The van der Waals surface area contributed by atoms with Crippen LogP contribution in [-0.2, 0) is 4.74 Å². The monoisotopic (exact) mass is 203 g/mol. The van der Waals surface area contributed by atoms with Crippen molar-refractivity contribution in [3.8, 4) is 0 Å². The van der Waals surface area contributed by atoms with E-state index in [0.717, 1.165) is 17.2 Å². The van der Waals surface area contributed by atoms with Crippen molar-refractivity contribution in [3.05, 3.63) is 35.5 Å². The Bertz CT molecular complexity index is 528. The van der Waals surface area contributed by atoms with Crippen molar-refractivity contribution in [1.29, 1.82) is 0 Å². The van der Waals surface area contributed by atoms with E-state index in [4.69, 9.17) is 0 Å². The molecule has 4 nitrogen and oxygen atoms in total. The molecule has 1 aromatic heterocycles. The van der Waals surface area contributed by atoms with Gasteiger partial charge in [-0.2, -0.15) is 0 Å². The summed E-state index contributed by atoms with van der Waals surface area (Å²) in [6, 6.07) is 5.08. The number of rotatable bonds is 2. The number of carbonyl (C=O) groups excluding carboxylic acids is 2. The summed E-state index contributed by atoms with van der Waals surface area (Å²) in [5.74, 6) is -0.389. The zero-order valence-corrected chi connectivity index (χ0v) is 8.11. The molecule has 0 saturated carbocycles. The average Bonchev–Trinajstić information content (AvgIpc) is 2.70. The van der Waals surface area contributed by atoms with Crippen molar-refractivity contribution in [2.45, 2.75) is 0 Å². The van der Waals surface area contributed by atoms with Crippen molar-refractivity contribution in [2.75, 3.05) is 7.11 Å². The number of methoxy groups -OCH3 is 1. The number of esters is 1. The van der Waals surface area contributed by atoms with Crippen LogP contribution in [0.2, 0.25) is 0 Å². The predicted octanol–water partition coefficient (Wildman–Crippen LogP) is 1.77. The highest BCUT2D eigenvalue weighted by Gasteiger charge is 2.11. The number of fused-ring (bicyclic) bond motifs is 1. The van der Waals surface area contributed by atoms with Gasteiger partial charge in [-0.3, -0.25) is 4.79 Å². The van der Waals surface area contributed by atoms with E-state index >= 15 is 0 Å². The zero-order chi connectivity index (χ0) is 10.8. The third-order valence-corrected chi connectivity index (χ3v) is 2.25. The maximum atomic E-state index is 11.3. The molecule has 2 aromatic rings.